The minimum absolute atomic E-state index is 0.0466. The summed E-state index contributed by atoms with van der Waals surface area (Å²) < 4.78 is 12.2. The van der Waals surface area contributed by atoms with Crippen LogP contribution >= 0.6 is 0 Å². The van der Waals surface area contributed by atoms with Crippen LogP contribution in [0.3, 0.4) is 0 Å². The number of carbonyl (C=O) groups is 1. The average molecular weight is 593 g/mol. The maximum Gasteiger partial charge on any atom is 0.223 e. The Morgan fingerprint density at radius 3 is 2.74 bits per heavy atom. The van der Waals surface area contributed by atoms with Crippen LogP contribution in [0.15, 0.2) is 0 Å². The van der Waals surface area contributed by atoms with E-state index < -0.39 is 6.10 Å². The molecule has 2 aliphatic carbocycles. The molecule has 10 atom stereocenters. The summed E-state index contributed by atoms with van der Waals surface area (Å²) in [5.41, 5.74) is 0. The fraction of sp³-hybridized carbons (Fsp3) is 0.969. The Kier molecular flexibility index (Phi) is 12.0. The van der Waals surface area contributed by atoms with E-state index in [9.17, 15) is 9.90 Å². The van der Waals surface area contributed by atoms with E-state index in [1.165, 1.54) is 25.7 Å². The van der Waals surface area contributed by atoms with Gasteiger partial charge in [0.25, 0.3) is 0 Å². The smallest absolute Gasteiger partial charge is 0.223 e. The number of nitrogens with zero attached hydrogens (tertiary/aromatic N) is 2. The molecule has 1 amide bonds. The molecule has 3 heterocycles. The van der Waals surface area contributed by atoms with Gasteiger partial charge in [0.2, 0.25) is 5.91 Å². The van der Waals surface area contributed by atoms with Crippen LogP contribution in [0.25, 0.3) is 0 Å². The average Bonchev–Trinajstić information content (AvgIpc) is 3.37. The van der Waals surface area contributed by atoms with Gasteiger partial charge < -0.3 is 24.8 Å². The SMILES string of the molecule is CCCN(C)C1CC(C(=O)NC[C@H](O)CN2CCC3C(CCC(OCC4OCNC4C)C3C)C2)CC(NC2CCC2)N1. The molecule has 242 valence electrons. The van der Waals surface area contributed by atoms with Gasteiger partial charge in [0, 0.05) is 37.6 Å². The molecule has 9 unspecified atom stereocenters. The van der Waals surface area contributed by atoms with Crippen molar-refractivity contribution in [3.8, 4) is 0 Å². The Morgan fingerprint density at radius 1 is 1.19 bits per heavy atom. The third-order valence-electron chi connectivity index (χ3n) is 11.1. The summed E-state index contributed by atoms with van der Waals surface area (Å²) in [6, 6.07) is 0.928. The van der Waals surface area contributed by atoms with E-state index in [2.05, 4.69) is 58.9 Å². The zero-order chi connectivity index (χ0) is 29.6. The zero-order valence-electron chi connectivity index (χ0n) is 26.7. The third-order valence-corrected chi connectivity index (χ3v) is 11.1. The number of hydrogen-bond donors (Lipinski definition) is 5. The number of aliphatic hydroxyl groups is 1. The number of piperidine rings is 2. The van der Waals surface area contributed by atoms with Gasteiger partial charge in [-0.3, -0.25) is 25.6 Å². The second-order valence-corrected chi connectivity index (χ2v) is 14.2. The predicted molar refractivity (Wildman–Crippen MR) is 165 cm³/mol. The number of ether oxygens (including phenoxy) is 2. The highest BCUT2D eigenvalue weighted by molar-refractivity contribution is 5.78. The number of hydrogen-bond acceptors (Lipinski definition) is 9. The van der Waals surface area contributed by atoms with E-state index in [4.69, 9.17) is 9.47 Å². The molecular weight excluding hydrogens is 532 g/mol. The molecule has 10 nitrogen and oxygen atoms in total. The van der Waals surface area contributed by atoms with Crippen LogP contribution in [0.1, 0.15) is 78.6 Å². The lowest BCUT2D eigenvalue weighted by molar-refractivity contribution is -0.128. The molecule has 0 aromatic heterocycles. The molecule has 0 aromatic rings. The number of aliphatic hydroxyl groups excluding tert-OH is 1. The van der Waals surface area contributed by atoms with Crippen LogP contribution in [0, 0.1) is 23.7 Å². The van der Waals surface area contributed by atoms with Crippen molar-refractivity contribution in [3.63, 3.8) is 0 Å². The van der Waals surface area contributed by atoms with Gasteiger partial charge in [-0.2, -0.15) is 0 Å². The van der Waals surface area contributed by atoms with Crippen molar-refractivity contribution in [1.82, 2.24) is 31.1 Å². The fourth-order valence-electron chi connectivity index (χ4n) is 8.16. The molecular formula is C32H60N6O4. The predicted octanol–water partition coefficient (Wildman–Crippen LogP) is 1.69. The van der Waals surface area contributed by atoms with Gasteiger partial charge in [-0.1, -0.05) is 20.3 Å². The minimum atomic E-state index is -0.547. The normalized spacial score (nSPS) is 38.7. The molecule has 0 aromatic carbocycles. The third kappa shape index (κ3) is 8.44. The molecule has 0 spiro atoms. The molecule has 0 bridgehead atoms. The second-order valence-electron chi connectivity index (χ2n) is 14.2. The molecule has 5 fully saturated rings. The summed E-state index contributed by atoms with van der Waals surface area (Å²) in [6.07, 6.45) is 10.2. The number of nitrogens with one attached hydrogen (secondary N) is 4. The summed E-state index contributed by atoms with van der Waals surface area (Å²) in [7, 11) is 2.15. The van der Waals surface area contributed by atoms with Crippen LogP contribution in [0.2, 0.25) is 0 Å². The highest BCUT2D eigenvalue weighted by Crippen LogP contribution is 2.41. The molecule has 2 saturated carbocycles. The maximum absolute atomic E-state index is 13.3. The Bertz CT molecular complexity index is 848. The van der Waals surface area contributed by atoms with Crippen LogP contribution in [-0.2, 0) is 14.3 Å². The first-order valence-corrected chi connectivity index (χ1v) is 17.2. The van der Waals surface area contributed by atoms with Crippen LogP contribution in [-0.4, -0.2) is 117 Å². The molecule has 3 aliphatic heterocycles. The lowest BCUT2D eigenvalue weighted by Crippen LogP contribution is -2.62. The van der Waals surface area contributed by atoms with E-state index >= 15 is 0 Å². The summed E-state index contributed by atoms with van der Waals surface area (Å²) in [5, 5.41) is 24.9. The first-order chi connectivity index (χ1) is 20.3. The first kappa shape index (κ1) is 32.5. The van der Waals surface area contributed by atoms with Crippen molar-refractivity contribution < 1.29 is 19.4 Å². The number of β-amino-alcohol motifs (C(OH)–C–C–N with tert-alkyl or cyclic N) is 1. The van der Waals surface area contributed by atoms with E-state index in [0.29, 0.717) is 62.4 Å². The lowest BCUT2D eigenvalue weighted by atomic mass is 9.68. The summed E-state index contributed by atoms with van der Waals surface area (Å²) in [5.74, 6) is 1.93. The van der Waals surface area contributed by atoms with E-state index in [-0.39, 0.29) is 30.3 Å². The molecule has 5 aliphatic rings. The first-order valence-electron chi connectivity index (χ1n) is 17.2. The van der Waals surface area contributed by atoms with Gasteiger partial charge in [-0.15, -0.1) is 0 Å². The number of carbonyl (C=O) groups excluding carboxylic acids is 1. The molecule has 10 heteroatoms. The molecule has 5 N–H and O–H groups in total. The molecule has 3 saturated heterocycles. The van der Waals surface area contributed by atoms with Gasteiger partial charge in [0.05, 0.1) is 44.0 Å². The van der Waals surface area contributed by atoms with Gasteiger partial charge in [0.1, 0.15) is 0 Å². The molecule has 42 heavy (non-hydrogen) atoms. The highest BCUT2D eigenvalue weighted by Gasteiger charge is 2.41. The Morgan fingerprint density at radius 2 is 2.02 bits per heavy atom. The number of rotatable bonds is 13. The van der Waals surface area contributed by atoms with Crippen molar-refractivity contribution in [2.24, 2.45) is 23.7 Å². The summed E-state index contributed by atoms with van der Waals surface area (Å²) in [6.45, 7) is 12.0. The Hall–Kier alpha value is -0.850. The Balaban J connectivity index is 1.03. The summed E-state index contributed by atoms with van der Waals surface area (Å²) in [4.78, 5) is 18.1. The van der Waals surface area contributed by atoms with Crippen LogP contribution < -0.4 is 21.3 Å². The van der Waals surface area contributed by atoms with E-state index in [1.54, 1.807) is 0 Å². The van der Waals surface area contributed by atoms with Crippen molar-refractivity contribution in [2.75, 3.05) is 53.1 Å². The van der Waals surface area contributed by atoms with Crippen LogP contribution in [0.5, 0.6) is 0 Å². The van der Waals surface area contributed by atoms with Gasteiger partial charge in [0.15, 0.2) is 0 Å². The van der Waals surface area contributed by atoms with Gasteiger partial charge in [-0.05, 0) is 96.2 Å². The van der Waals surface area contributed by atoms with Crippen molar-refractivity contribution in [2.45, 2.75) is 121 Å². The highest BCUT2D eigenvalue weighted by atomic mass is 16.5. The minimum Gasteiger partial charge on any atom is -0.390 e. The Labute approximate surface area is 254 Å². The summed E-state index contributed by atoms with van der Waals surface area (Å²) >= 11 is 0. The van der Waals surface area contributed by atoms with E-state index in [1.807, 2.05) is 0 Å². The fourth-order valence-corrected chi connectivity index (χ4v) is 8.16. The van der Waals surface area contributed by atoms with Gasteiger partial charge >= 0.3 is 0 Å². The standard InChI is InChI=1S/C32H60N6O4/c1-5-12-37(4)31-15-24(14-30(36-31)35-25-7-6-8-25)32(40)33-16-26(39)18-38-13-11-27-21(2)28(10-9-23(27)17-38)41-19-29-22(3)34-20-42-29/h21-31,34-36,39H,5-20H2,1-4H3,(H,33,40)/t21?,22?,23?,24?,26-,27?,28?,29?,30?,31?/m0/s1. The monoisotopic (exact) mass is 592 g/mol. The molecule has 5 rings (SSSR count). The molecule has 0 radical (unpaired) electrons. The van der Waals surface area contributed by atoms with Crippen molar-refractivity contribution >= 4 is 5.91 Å². The zero-order valence-corrected chi connectivity index (χ0v) is 26.7. The quantitative estimate of drug-likeness (QED) is 0.218. The van der Waals surface area contributed by atoms with Crippen molar-refractivity contribution in [1.29, 1.82) is 0 Å². The van der Waals surface area contributed by atoms with Crippen LogP contribution in [0.4, 0.5) is 0 Å². The number of amides is 1. The number of fused-ring (bicyclic) bond motifs is 1. The lowest BCUT2D eigenvalue weighted by Gasteiger charge is -2.47. The van der Waals surface area contributed by atoms with E-state index in [0.717, 1.165) is 51.7 Å². The number of likely N-dealkylation sites (tertiary alicyclic amines) is 1. The topological polar surface area (TPSA) is 110 Å². The largest absolute Gasteiger partial charge is 0.390 e. The van der Waals surface area contributed by atoms with Crippen molar-refractivity contribution in [3.05, 3.63) is 0 Å². The second kappa shape index (κ2) is 15.4. The maximum atomic E-state index is 13.3. The van der Waals surface area contributed by atoms with Gasteiger partial charge in [-0.25, -0.2) is 0 Å².